The van der Waals surface area contributed by atoms with Gasteiger partial charge in [0, 0.05) is 36.8 Å². The summed E-state index contributed by atoms with van der Waals surface area (Å²) in [7, 11) is 3.85. The second-order valence-corrected chi connectivity index (χ2v) is 17.6. The molecule has 0 aromatic heterocycles. The van der Waals surface area contributed by atoms with Crippen molar-refractivity contribution >= 4 is 17.8 Å². The Labute approximate surface area is 328 Å². The van der Waals surface area contributed by atoms with Crippen LogP contribution >= 0.6 is 0 Å². The van der Waals surface area contributed by atoms with Crippen LogP contribution in [0.5, 0.6) is 0 Å². The third-order valence-corrected chi connectivity index (χ3v) is 12.7. The summed E-state index contributed by atoms with van der Waals surface area (Å²) in [6.07, 6.45) is -0.841. The Hall–Kier alpha value is -2.61. The fourth-order valence-corrected chi connectivity index (χ4v) is 9.40. The molecule has 4 aliphatic heterocycles. The quantitative estimate of drug-likeness (QED) is 0.241. The van der Waals surface area contributed by atoms with Crippen molar-refractivity contribution in [2.24, 2.45) is 23.7 Å². The summed E-state index contributed by atoms with van der Waals surface area (Å²) >= 11 is 0. The molecule has 1 aromatic carbocycles. The normalized spacial score (nSPS) is 40.8. The van der Waals surface area contributed by atoms with Gasteiger partial charge in [-0.25, -0.2) is 4.79 Å². The van der Waals surface area contributed by atoms with E-state index in [1.54, 1.807) is 11.8 Å². The number of cyclic esters (lactones) is 1. The zero-order valence-electron chi connectivity index (χ0n) is 34.9. The fourth-order valence-electron chi connectivity index (χ4n) is 9.40. The number of esters is 1. The first-order valence-electron chi connectivity index (χ1n) is 20.7. The monoisotopic (exact) mass is 772 g/mol. The molecule has 1 amide bonds. The lowest BCUT2D eigenvalue weighted by atomic mass is 9.74. The van der Waals surface area contributed by atoms with Crippen LogP contribution in [0.25, 0.3) is 0 Å². The minimum Gasteiger partial charge on any atom is -0.458 e. The third kappa shape index (κ3) is 9.75. The van der Waals surface area contributed by atoms with Crippen LogP contribution in [0.4, 0.5) is 4.79 Å². The van der Waals surface area contributed by atoms with Crippen LogP contribution in [-0.2, 0) is 44.4 Å². The number of ether oxygens (including phenoxy) is 6. The van der Waals surface area contributed by atoms with E-state index in [2.05, 4.69) is 12.1 Å². The topological polar surface area (TPSA) is 133 Å². The molecule has 4 saturated heterocycles. The number of amides is 1. The Bertz CT molecular complexity index is 1450. The van der Waals surface area contributed by atoms with Crippen LogP contribution < -0.4 is 0 Å². The number of carbonyl (C=O) groups is 3. The maximum atomic E-state index is 14.8. The molecular formula is C43H68N2O10. The zero-order chi connectivity index (χ0) is 40.2. The number of Topliss-reactive ketones (excluding diaryl/α,β-unsaturated/α-hetero) is 1. The molecule has 12 nitrogen and oxygen atoms in total. The zero-order valence-corrected chi connectivity index (χ0v) is 34.9. The molecule has 12 heteroatoms. The maximum Gasteiger partial charge on any atom is 0.410 e. The number of likely N-dealkylation sites (N-methyl/N-ethyl adjacent to an activating group) is 1. The van der Waals surface area contributed by atoms with Crippen LogP contribution in [0.15, 0.2) is 30.3 Å². The Balaban J connectivity index is 1.51. The van der Waals surface area contributed by atoms with E-state index >= 15 is 0 Å². The van der Waals surface area contributed by atoms with Crippen LogP contribution in [0.2, 0.25) is 0 Å². The molecule has 310 valence electrons. The molecule has 2 bridgehead atoms. The predicted octanol–water partition coefficient (Wildman–Crippen LogP) is 5.80. The van der Waals surface area contributed by atoms with Gasteiger partial charge in [-0.2, -0.15) is 0 Å². The summed E-state index contributed by atoms with van der Waals surface area (Å²) in [6, 6.07) is 9.35. The molecule has 0 aliphatic carbocycles. The van der Waals surface area contributed by atoms with Gasteiger partial charge in [-0.1, -0.05) is 58.0 Å². The van der Waals surface area contributed by atoms with E-state index in [1.807, 2.05) is 85.7 Å². The minimum atomic E-state index is -1.28. The second kappa shape index (κ2) is 18.3. The first-order chi connectivity index (χ1) is 26.0. The maximum absolute atomic E-state index is 14.8. The Morgan fingerprint density at radius 3 is 2.35 bits per heavy atom. The number of nitrogens with zero attached hydrogens (tertiary/aromatic N) is 2. The number of unbranched alkanes of at least 4 members (excludes halogenated alkanes) is 1. The largest absolute Gasteiger partial charge is 0.458 e. The van der Waals surface area contributed by atoms with Crippen molar-refractivity contribution in [3.05, 3.63) is 35.9 Å². The number of hydrogen-bond acceptors (Lipinski definition) is 11. The van der Waals surface area contributed by atoms with E-state index < -0.39 is 77.8 Å². The van der Waals surface area contributed by atoms with Crippen molar-refractivity contribution in [3.63, 3.8) is 0 Å². The van der Waals surface area contributed by atoms with Gasteiger partial charge in [-0.05, 0) is 85.9 Å². The average molecular weight is 773 g/mol. The Morgan fingerprint density at radius 1 is 0.964 bits per heavy atom. The summed E-state index contributed by atoms with van der Waals surface area (Å²) in [5, 5.41) is 11.5. The van der Waals surface area contributed by atoms with E-state index in [4.69, 9.17) is 28.4 Å². The van der Waals surface area contributed by atoms with Gasteiger partial charge >= 0.3 is 12.1 Å². The molecule has 5 rings (SSSR count). The molecule has 4 aliphatic rings. The molecule has 4 fully saturated rings. The lowest BCUT2D eigenvalue weighted by molar-refractivity contribution is -0.294. The highest BCUT2D eigenvalue weighted by Gasteiger charge is 2.60. The van der Waals surface area contributed by atoms with Crippen molar-refractivity contribution in [3.8, 4) is 0 Å². The van der Waals surface area contributed by atoms with Crippen LogP contribution in [-0.4, -0.2) is 127 Å². The van der Waals surface area contributed by atoms with Crippen molar-refractivity contribution in [2.45, 2.75) is 160 Å². The van der Waals surface area contributed by atoms with E-state index in [-0.39, 0.29) is 30.3 Å². The average Bonchev–Trinajstić information content (AvgIpc) is 3.43. The number of aliphatic hydroxyl groups is 1. The highest BCUT2D eigenvalue weighted by molar-refractivity contribution is 5.85. The highest BCUT2D eigenvalue weighted by Crippen LogP contribution is 2.43. The number of fused-ring (bicyclic) bond motifs is 4. The first-order valence-corrected chi connectivity index (χ1v) is 20.7. The van der Waals surface area contributed by atoms with Crippen molar-refractivity contribution < 1.29 is 47.9 Å². The minimum absolute atomic E-state index is 0.0180. The van der Waals surface area contributed by atoms with Crippen LogP contribution in [0, 0.1) is 23.7 Å². The van der Waals surface area contributed by atoms with Gasteiger partial charge < -0.3 is 43.3 Å². The van der Waals surface area contributed by atoms with Crippen molar-refractivity contribution in [1.29, 1.82) is 0 Å². The summed E-state index contributed by atoms with van der Waals surface area (Å²) < 4.78 is 38.9. The number of carbonyl (C=O) groups excluding carboxylic acids is 3. The molecular weight excluding hydrogens is 704 g/mol. The van der Waals surface area contributed by atoms with Crippen molar-refractivity contribution in [1.82, 2.24) is 9.80 Å². The molecule has 14 atom stereocenters. The fraction of sp³-hybridized carbons (Fsp3) is 0.791. The smallest absolute Gasteiger partial charge is 0.410 e. The number of rotatable bonds is 9. The van der Waals surface area contributed by atoms with Gasteiger partial charge in [-0.15, -0.1) is 0 Å². The lowest BCUT2D eigenvalue weighted by Crippen LogP contribution is -2.59. The van der Waals surface area contributed by atoms with Crippen LogP contribution in [0.1, 0.15) is 99.5 Å². The molecule has 4 heterocycles. The molecule has 0 saturated carbocycles. The summed E-state index contributed by atoms with van der Waals surface area (Å²) in [5.74, 6) is -2.45. The number of ketones is 1. The third-order valence-electron chi connectivity index (χ3n) is 12.7. The standard InChI is InChI=1S/C43H68N2O10/c1-11-34-43(8)38(45(41(49)55-43)20-16-15-19-31-17-13-12-14-18-31)30(6)36(46)27(3)23-42(7)35(54-40-37(47)32(44(9)10)21-28(4)52-40)22-33(29(5)39(48)53-34)50-24-26(2)25-51-42/h12-14,17-18,26-30,32-35,37-38,40,47H,11,15-16,19-25H2,1-10H3/t26?,27-,28-,29-,30+,32+,33-,34-,35-,37-,38?,40?,42+,43?/m1/s1. The Kier molecular flexibility index (Phi) is 14.5. The number of aliphatic hydroxyl groups excluding tert-OH is 1. The molecule has 55 heavy (non-hydrogen) atoms. The van der Waals surface area contributed by atoms with E-state index in [0.717, 1.165) is 12.8 Å². The summed E-state index contributed by atoms with van der Waals surface area (Å²) in [6.45, 7) is 16.3. The van der Waals surface area contributed by atoms with E-state index in [0.29, 0.717) is 45.4 Å². The lowest BCUT2D eigenvalue weighted by Gasteiger charge is -2.46. The number of benzene rings is 1. The molecule has 1 aromatic rings. The number of aryl methyl sites for hydroxylation is 1. The predicted molar refractivity (Wildman–Crippen MR) is 207 cm³/mol. The summed E-state index contributed by atoms with van der Waals surface area (Å²) in [4.78, 5) is 46.6. The van der Waals surface area contributed by atoms with Gasteiger partial charge in [-0.3, -0.25) is 9.59 Å². The van der Waals surface area contributed by atoms with Gasteiger partial charge in [0.2, 0.25) is 0 Å². The molecule has 0 spiro atoms. The van der Waals surface area contributed by atoms with Crippen molar-refractivity contribution in [2.75, 3.05) is 33.9 Å². The Morgan fingerprint density at radius 2 is 1.67 bits per heavy atom. The van der Waals surface area contributed by atoms with E-state index in [9.17, 15) is 19.5 Å². The van der Waals surface area contributed by atoms with Gasteiger partial charge in [0.1, 0.15) is 18.0 Å². The number of hydrogen-bond donors (Lipinski definition) is 1. The first kappa shape index (κ1) is 43.5. The van der Waals surface area contributed by atoms with Gasteiger partial charge in [0.25, 0.3) is 0 Å². The molecule has 1 N–H and O–H groups in total. The van der Waals surface area contributed by atoms with Crippen LogP contribution in [0.3, 0.4) is 0 Å². The van der Waals surface area contributed by atoms with E-state index in [1.165, 1.54) is 5.56 Å². The molecule has 4 unspecified atom stereocenters. The summed E-state index contributed by atoms with van der Waals surface area (Å²) in [5.41, 5.74) is -1.10. The van der Waals surface area contributed by atoms with Gasteiger partial charge in [0.05, 0.1) is 49.1 Å². The van der Waals surface area contributed by atoms with Gasteiger partial charge in [0.15, 0.2) is 11.9 Å². The molecule has 0 radical (unpaired) electrons. The highest BCUT2D eigenvalue weighted by atomic mass is 16.7. The SMILES string of the molecule is CC[C@H]1OC(=O)[C@H](C)[C@H]2C[C@@H](OC3O[C@H](C)C[C@H](N(C)C)[C@H]3O)[C@](C)(C[C@@H](C)C(=O)[C@H](C)C3N(CCCCc4ccccc4)C(=O)OC31C)OCC(C)CO2. The second-order valence-electron chi connectivity index (χ2n) is 17.6.